The highest BCUT2D eigenvalue weighted by molar-refractivity contribution is 5.95. The number of halogens is 3. The van der Waals surface area contributed by atoms with Crippen LogP contribution >= 0.6 is 0 Å². The average molecular weight is 461 g/mol. The number of aromatic nitrogens is 1. The second-order valence-corrected chi connectivity index (χ2v) is 9.53. The zero-order valence-electron chi connectivity index (χ0n) is 18.9. The maximum Gasteiger partial charge on any atom is 0.395 e. The summed E-state index contributed by atoms with van der Waals surface area (Å²) in [7, 11) is 0. The fourth-order valence-corrected chi connectivity index (χ4v) is 5.19. The number of carbonyl (C=O) groups is 1. The Morgan fingerprint density at radius 2 is 1.73 bits per heavy atom. The molecule has 0 bridgehead atoms. The molecular weight excluding hydrogens is 429 g/mol. The van der Waals surface area contributed by atoms with Crippen molar-refractivity contribution < 1.29 is 23.1 Å². The lowest BCUT2D eigenvalue weighted by Gasteiger charge is -2.43. The third-order valence-corrected chi connectivity index (χ3v) is 7.43. The maximum atomic E-state index is 13.4. The Balaban J connectivity index is 1.49. The first-order valence-electron chi connectivity index (χ1n) is 11.8. The van der Waals surface area contributed by atoms with Gasteiger partial charge in [0.25, 0.3) is 5.91 Å². The largest absolute Gasteiger partial charge is 0.396 e. The predicted octanol–water partition coefficient (Wildman–Crippen LogP) is 5.62. The first-order valence-corrected chi connectivity index (χ1v) is 11.8. The summed E-state index contributed by atoms with van der Waals surface area (Å²) in [6, 6.07) is 12.1. The van der Waals surface area contributed by atoms with Crippen molar-refractivity contribution in [3.8, 4) is 0 Å². The van der Waals surface area contributed by atoms with Gasteiger partial charge in [0.2, 0.25) is 0 Å². The third kappa shape index (κ3) is 5.08. The molecule has 1 atom stereocenters. The molecule has 2 saturated carbocycles. The van der Waals surface area contributed by atoms with Crippen LogP contribution in [0.15, 0.2) is 48.7 Å². The molecule has 178 valence electrons. The Morgan fingerprint density at radius 3 is 2.24 bits per heavy atom. The Hall–Kier alpha value is -2.41. The molecule has 33 heavy (non-hydrogen) atoms. The number of aliphatic hydroxyl groups excluding tert-OH is 1. The molecule has 2 fully saturated rings. The molecule has 4 nitrogen and oxygen atoms in total. The van der Waals surface area contributed by atoms with Crippen molar-refractivity contribution in [3.63, 3.8) is 0 Å². The van der Waals surface area contributed by atoms with E-state index in [0.717, 1.165) is 51.1 Å². The summed E-state index contributed by atoms with van der Waals surface area (Å²) in [4.78, 5) is 19.9. The smallest absolute Gasteiger partial charge is 0.395 e. The fraction of sp³-hybridized carbons (Fsp3) is 0.538. The van der Waals surface area contributed by atoms with Gasteiger partial charge in [-0.05, 0) is 81.7 Å². The van der Waals surface area contributed by atoms with Gasteiger partial charge in [-0.3, -0.25) is 9.78 Å². The standard InChI is InChI=1S/C26H31F3N2O2/c1-18(26(27,28)29)19-5-7-20(8-6-19)24(33)31(21-9-10-21)22-11-13-25(14-12-22,15-17-32)23-4-2-3-16-30-23/h2-8,16,18,21-22,32H,9-15,17H2,1H3/t18-,22-,25-/m1/s1. The minimum atomic E-state index is -4.30. The van der Waals surface area contributed by atoms with Crippen molar-refractivity contribution in [3.05, 3.63) is 65.5 Å². The average Bonchev–Trinajstić information content (AvgIpc) is 3.65. The van der Waals surface area contributed by atoms with Gasteiger partial charge in [-0.1, -0.05) is 18.2 Å². The molecule has 2 aromatic rings. The van der Waals surface area contributed by atoms with Gasteiger partial charge in [0, 0.05) is 41.6 Å². The number of hydrogen-bond acceptors (Lipinski definition) is 3. The molecule has 7 heteroatoms. The van der Waals surface area contributed by atoms with E-state index in [-0.39, 0.29) is 35.6 Å². The van der Waals surface area contributed by atoms with Crippen LogP contribution in [0, 0.1) is 0 Å². The third-order valence-electron chi connectivity index (χ3n) is 7.43. The van der Waals surface area contributed by atoms with Crippen molar-refractivity contribution in [2.75, 3.05) is 6.61 Å². The first kappa shape index (κ1) is 23.7. The zero-order chi connectivity index (χ0) is 23.6. The minimum Gasteiger partial charge on any atom is -0.396 e. The Kier molecular flexibility index (Phi) is 6.80. The van der Waals surface area contributed by atoms with Crippen LogP contribution < -0.4 is 0 Å². The molecule has 0 unspecified atom stereocenters. The summed E-state index contributed by atoms with van der Waals surface area (Å²) in [6.45, 7) is 1.23. The summed E-state index contributed by atoms with van der Waals surface area (Å²) in [6.07, 6.45) is 3.38. The van der Waals surface area contributed by atoms with Crippen molar-refractivity contribution in [1.82, 2.24) is 9.88 Å². The molecule has 4 rings (SSSR count). The van der Waals surface area contributed by atoms with Gasteiger partial charge >= 0.3 is 6.18 Å². The highest BCUT2D eigenvalue weighted by atomic mass is 19.4. The number of aliphatic hydroxyl groups is 1. The van der Waals surface area contributed by atoms with Crippen LogP contribution in [0.2, 0.25) is 0 Å². The van der Waals surface area contributed by atoms with Crippen LogP contribution in [0.1, 0.15) is 79.4 Å². The number of hydrogen-bond donors (Lipinski definition) is 1. The Bertz CT molecular complexity index is 934. The molecule has 1 aromatic heterocycles. The maximum absolute atomic E-state index is 13.4. The van der Waals surface area contributed by atoms with Crippen LogP contribution in [0.4, 0.5) is 13.2 Å². The lowest BCUT2D eigenvalue weighted by molar-refractivity contribution is -0.146. The summed E-state index contributed by atoms with van der Waals surface area (Å²) < 4.78 is 39.1. The molecule has 1 N–H and O–H groups in total. The van der Waals surface area contributed by atoms with Crippen LogP contribution in [-0.4, -0.2) is 45.8 Å². The van der Waals surface area contributed by atoms with Crippen LogP contribution in [-0.2, 0) is 5.41 Å². The van der Waals surface area contributed by atoms with Gasteiger partial charge in [-0.2, -0.15) is 13.2 Å². The van der Waals surface area contributed by atoms with E-state index in [4.69, 9.17) is 0 Å². The fourth-order valence-electron chi connectivity index (χ4n) is 5.19. The molecule has 2 aliphatic rings. The van der Waals surface area contributed by atoms with Gasteiger partial charge < -0.3 is 10.0 Å². The molecule has 0 radical (unpaired) electrons. The summed E-state index contributed by atoms with van der Waals surface area (Å²) >= 11 is 0. The minimum absolute atomic E-state index is 0.0919. The van der Waals surface area contributed by atoms with Gasteiger partial charge in [0.1, 0.15) is 0 Å². The van der Waals surface area contributed by atoms with Gasteiger partial charge in [0.05, 0.1) is 5.92 Å². The second kappa shape index (κ2) is 9.45. The van der Waals surface area contributed by atoms with Gasteiger partial charge in [-0.25, -0.2) is 0 Å². The monoisotopic (exact) mass is 460 g/mol. The summed E-state index contributed by atoms with van der Waals surface area (Å²) in [5.74, 6) is -1.66. The highest BCUT2D eigenvalue weighted by Gasteiger charge is 2.44. The van der Waals surface area contributed by atoms with E-state index in [1.54, 1.807) is 6.20 Å². The Labute approximate surface area is 192 Å². The van der Waals surface area contributed by atoms with Crippen LogP contribution in [0.5, 0.6) is 0 Å². The van der Waals surface area contributed by atoms with E-state index in [2.05, 4.69) is 4.98 Å². The molecule has 1 heterocycles. The first-order chi connectivity index (χ1) is 15.7. The zero-order valence-corrected chi connectivity index (χ0v) is 18.9. The van der Waals surface area contributed by atoms with Crippen LogP contribution in [0.25, 0.3) is 0 Å². The van der Waals surface area contributed by atoms with E-state index < -0.39 is 12.1 Å². The predicted molar refractivity (Wildman–Crippen MR) is 120 cm³/mol. The van der Waals surface area contributed by atoms with E-state index in [1.807, 2.05) is 23.1 Å². The SMILES string of the molecule is C[C@H](c1ccc(C(=O)N(C2CC2)[C@H]2CC[C@](CCO)(c3ccccn3)CC2)cc1)C(F)(F)F. The van der Waals surface area contributed by atoms with E-state index in [0.29, 0.717) is 12.0 Å². The number of benzene rings is 1. The number of carbonyl (C=O) groups excluding carboxylic acids is 1. The van der Waals surface area contributed by atoms with Crippen molar-refractivity contribution >= 4 is 5.91 Å². The van der Waals surface area contributed by atoms with E-state index in [1.165, 1.54) is 24.3 Å². The number of rotatable bonds is 7. The number of pyridine rings is 1. The summed E-state index contributed by atoms with van der Waals surface area (Å²) in [5, 5.41) is 9.70. The topological polar surface area (TPSA) is 53.4 Å². The van der Waals surface area contributed by atoms with Gasteiger partial charge in [0.15, 0.2) is 0 Å². The molecule has 2 aliphatic carbocycles. The van der Waals surface area contributed by atoms with Crippen molar-refractivity contribution in [2.24, 2.45) is 0 Å². The van der Waals surface area contributed by atoms with Crippen molar-refractivity contribution in [2.45, 2.75) is 81.5 Å². The molecule has 0 saturated heterocycles. The second-order valence-electron chi connectivity index (χ2n) is 9.53. The lowest BCUT2D eigenvalue weighted by atomic mass is 9.68. The van der Waals surface area contributed by atoms with Gasteiger partial charge in [-0.15, -0.1) is 0 Å². The van der Waals surface area contributed by atoms with E-state index >= 15 is 0 Å². The van der Waals surface area contributed by atoms with E-state index in [9.17, 15) is 23.1 Å². The lowest BCUT2D eigenvalue weighted by Crippen LogP contribution is -2.47. The summed E-state index contributed by atoms with van der Waals surface area (Å²) in [5.41, 5.74) is 1.42. The molecular formula is C26H31F3N2O2. The van der Waals surface area contributed by atoms with Crippen LogP contribution in [0.3, 0.4) is 0 Å². The number of alkyl halides is 3. The highest BCUT2D eigenvalue weighted by Crippen LogP contribution is 2.44. The molecule has 0 spiro atoms. The molecule has 0 aliphatic heterocycles. The Morgan fingerprint density at radius 1 is 1.09 bits per heavy atom. The number of amides is 1. The molecule has 1 aromatic carbocycles. The number of nitrogens with zero attached hydrogens (tertiary/aromatic N) is 2. The normalized spacial score (nSPS) is 24.3. The van der Waals surface area contributed by atoms with Crippen molar-refractivity contribution in [1.29, 1.82) is 0 Å². The quantitative estimate of drug-likeness (QED) is 0.584. The molecule has 1 amide bonds.